The molecule has 0 saturated heterocycles. The van der Waals surface area contributed by atoms with Gasteiger partial charge in [-0.2, -0.15) is 0 Å². The molecule has 5 heteroatoms. The fourth-order valence-electron chi connectivity index (χ4n) is 2.35. The van der Waals surface area contributed by atoms with Gasteiger partial charge in [0.25, 0.3) is 0 Å². The molecule has 0 aromatic rings. The molecule has 0 aromatic heterocycles. The van der Waals surface area contributed by atoms with Crippen LogP contribution in [0.2, 0.25) is 0 Å². The van der Waals surface area contributed by atoms with Crippen LogP contribution in [0.5, 0.6) is 0 Å². The standard InChI is InChI=1S/C14H27N3O2/c1-3-4-5-6-10-16-12(18)14(8-7-9-14)13(19)17-11-15-2/h15H,3-11H2,1-2H3,(H,16,18)(H,17,19). The number of unbranched alkanes of at least 4 members (excludes halogenated alkanes) is 3. The normalized spacial score (nSPS) is 16.5. The molecule has 1 rings (SSSR count). The van der Waals surface area contributed by atoms with E-state index in [0.717, 1.165) is 19.3 Å². The van der Waals surface area contributed by atoms with Crippen LogP contribution in [0.25, 0.3) is 0 Å². The molecule has 1 aliphatic carbocycles. The van der Waals surface area contributed by atoms with Gasteiger partial charge in [0, 0.05) is 6.54 Å². The zero-order valence-electron chi connectivity index (χ0n) is 12.2. The monoisotopic (exact) mass is 269 g/mol. The van der Waals surface area contributed by atoms with Crippen LogP contribution in [0.4, 0.5) is 0 Å². The molecule has 0 aromatic carbocycles. The van der Waals surface area contributed by atoms with Gasteiger partial charge in [0.15, 0.2) is 0 Å². The quantitative estimate of drug-likeness (QED) is 0.334. The summed E-state index contributed by atoms with van der Waals surface area (Å²) in [7, 11) is 1.77. The van der Waals surface area contributed by atoms with Crippen molar-refractivity contribution in [2.45, 2.75) is 51.9 Å². The largest absolute Gasteiger partial charge is 0.355 e. The van der Waals surface area contributed by atoms with Gasteiger partial charge in [0.05, 0.1) is 6.67 Å². The van der Waals surface area contributed by atoms with Crippen molar-refractivity contribution in [3.05, 3.63) is 0 Å². The maximum absolute atomic E-state index is 12.2. The second-order valence-corrected chi connectivity index (χ2v) is 5.29. The van der Waals surface area contributed by atoms with Gasteiger partial charge in [-0.15, -0.1) is 0 Å². The fourth-order valence-corrected chi connectivity index (χ4v) is 2.35. The van der Waals surface area contributed by atoms with E-state index in [-0.39, 0.29) is 11.8 Å². The summed E-state index contributed by atoms with van der Waals surface area (Å²) in [6, 6.07) is 0. The van der Waals surface area contributed by atoms with Crippen molar-refractivity contribution < 1.29 is 9.59 Å². The second kappa shape index (κ2) is 8.15. The fraction of sp³-hybridized carbons (Fsp3) is 0.857. The highest BCUT2D eigenvalue weighted by molar-refractivity contribution is 6.05. The van der Waals surface area contributed by atoms with Crippen molar-refractivity contribution in [2.75, 3.05) is 20.3 Å². The molecule has 110 valence electrons. The predicted molar refractivity (Wildman–Crippen MR) is 75.5 cm³/mol. The minimum Gasteiger partial charge on any atom is -0.355 e. The van der Waals surface area contributed by atoms with Crippen LogP contribution in [0.1, 0.15) is 51.9 Å². The highest BCUT2D eigenvalue weighted by atomic mass is 16.2. The minimum atomic E-state index is -0.804. The maximum Gasteiger partial charge on any atom is 0.236 e. The summed E-state index contributed by atoms with van der Waals surface area (Å²) >= 11 is 0. The lowest BCUT2D eigenvalue weighted by atomic mass is 9.67. The van der Waals surface area contributed by atoms with Gasteiger partial charge in [0.2, 0.25) is 11.8 Å². The van der Waals surface area contributed by atoms with Gasteiger partial charge in [-0.3, -0.25) is 9.59 Å². The second-order valence-electron chi connectivity index (χ2n) is 5.29. The van der Waals surface area contributed by atoms with Crippen LogP contribution in [0, 0.1) is 5.41 Å². The van der Waals surface area contributed by atoms with E-state index in [1.165, 1.54) is 12.8 Å². The zero-order valence-corrected chi connectivity index (χ0v) is 12.2. The number of carbonyl (C=O) groups excluding carboxylic acids is 2. The van der Waals surface area contributed by atoms with E-state index in [4.69, 9.17) is 0 Å². The van der Waals surface area contributed by atoms with Crippen LogP contribution in [-0.2, 0) is 9.59 Å². The molecule has 0 heterocycles. The van der Waals surface area contributed by atoms with E-state index in [2.05, 4.69) is 22.9 Å². The molecule has 19 heavy (non-hydrogen) atoms. The lowest BCUT2D eigenvalue weighted by molar-refractivity contribution is -0.149. The summed E-state index contributed by atoms with van der Waals surface area (Å²) in [4.78, 5) is 24.3. The molecule has 0 bridgehead atoms. The first-order valence-electron chi connectivity index (χ1n) is 7.38. The Kier molecular flexibility index (Phi) is 6.84. The van der Waals surface area contributed by atoms with Gasteiger partial charge in [-0.1, -0.05) is 32.6 Å². The SMILES string of the molecule is CCCCCCNC(=O)C1(C(=O)NCNC)CCC1. The van der Waals surface area contributed by atoms with E-state index in [0.29, 0.717) is 26.1 Å². The van der Waals surface area contributed by atoms with Gasteiger partial charge < -0.3 is 16.0 Å². The third-order valence-corrected chi connectivity index (χ3v) is 3.82. The Hall–Kier alpha value is -1.10. The average Bonchev–Trinajstić information content (AvgIpc) is 2.34. The highest BCUT2D eigenvalue weighted by Crippen LogP contribution is 2.41. The van der Waals surface area contributed by atoms with E-state index < -0.39 is 5.41 Å². The molecule has 1 saturated carbocycles. The number of rotatable bonds is 9. The summed E-state index contributed by atoms with van der Waals surface area (Å²) in [6.45, 7) is 3.25. The molecule has 0 spiro atoms. The Bertz CT molecular complexity index is 301. The van der Waals surface area contributed by atoms with Gasteiger partial charge in [-0.25, -0.2) is 0 Å². The van der Waals surface area contributed by atoms with Crippen LogP contribution in [0.3, 0.4) is 0 Å². The van der Waals surface area contributed by atoms with Crippen molar-refractivity contribution in [3.8, 4) is 0 Å². The van der Waals surface area contributed by atoms with Crippen molar-refractivity contribution in [3.63, 3.8) is 0 Å². The summed E-state index contributed by atoms with van der Waals surface area (Å²) in [5, 5.41) is 8.54. The molecule has 0 atom stereocenters. The number of hydrogen-bond acceptors (Lipinski definition) is 3. The Morgan fingerprint density at radius 2 is 1.74 bits per heavy atom. The molecule has 5 nitrogen and oxygen atoms in total. The molecule has 3 N–H and O–H groups in total. The minimum absolute atomic E-state index is 0.0937. The number of hydrogen-bond donors (Lipinski definition) is 3. The third-order valence-electron chi connectivity index (χ3n) is 3.82. The Morgan fingerprint density at radius 3 is 2.26 bits per heavy atom. The molecule has 0 unspecified atom stereocenters. The molecule has 0 radical (unpaired) electrons. The van der Waals surface area contributed by atoms with Crippen molar-refractivity contribution >= 4 is 11.8 Å². The Labute approximate surface area is 115 Å². The zero-order chi connectivity index (χ0) is 14.1. The molecular weight excluding hydrogens is 242 g/mol. The predicted octanol–water partition coefficient (Wildman–Crippen LogP) is 1.15. The first kappa shape index (κ1) is 16.0. The van der Waals surface area contributed by atoms with Crippen molar-refractivity contribution in [2.24, 2.45) is 5.41 Å². The Morgan fingerprint density at radius 1 is 1.05 bits per heavy atom. The average molecular weight is 269 g/mol. The maximum atomic E-state index is 12.2. The van der Waals surface area contributed by atoms with Crippen molar-refractivity contribution in [1.29, 1.82) is 0 Å². The van der Waals surface area contributed by atoms with E-state index in [9.17, 15) is 9.59 Å². The van der Waals surface area contributed by atoms with E-state index in [1.807, 2.05) is 0 Å². The summed E-state index contributed by atoms with van der Waals surface area (Å²) in [5.41, 5.74) is -0.804. The van der Waals surface area contributed by atoms with Crippen molar-refractivity contribution in [1.82, 2.24) is 16.0 Å². The smallest absolute Gasteiger partial charge is 0.236 e. The topological polar surface area (TPSA) is 70.2 Å². The van der Waals surface area contributed by atoms with Crippen LogP contribution >= 0.6 is 0 Å². The van der Waals surface area contributed by atoms with E-state index in [1.54, 1.807) is 7.05 Å². The number of amides is 2. The van der Waals surface area contributed by atoms with Gasteiger partial charge in [0.1, 0.15) is 5.41 Å². The van der Waals surface area contributed by atoms with Gasteiger partial charge >= 0.3 is 0 Å². The molecule has 2 amide bonds. The summed E-state index contributed by atoms with van der Waals surface area (Å²) in [5.74, 6) is -0.233. The summed E-state index contributed by atoms with van der Waals surface area (Å²) in [6.07, 6.45) is 6.81. The molecule has 0 aliphatic heterocycles. The first-order chi connectivity index (χ1) is 9.17. The van der Waals surface area contributed by atoms with Crippen LogP contribution in [0.15, 0.2) is 0 Å². The number of carbonyl (C=O) groups is 2. The molecular formula is C14H27N3O2. The van der Waals surface area contributed by atoms with E-state index >= 15 is 0 Å². The van der Waals surface area contributed by atoms with Crippen LogP contribution in [-0.4, -0.2) is 32.1 Å². The van der Waals surface area contributed by atoms with Crippen LogP contribution < -0.4 is 16.0 Å². The third kappa shape index (κ3) is 4.20. The summed E-state index contributed by atoms with van der Waals surface area (Å²) < 4.78 is 0. The first-order valence-corrected chi connectivity index (χ1v) is 7.38. The molecule has 1 aliphatic rings. The lowest BCUT2D eigenvalue weighted by Gasteiger charge is -2.38. The highest BCUT2D eigenvalue weighted by Gasteiger charge is 2.50. The lowest BCUT2D eigenvalue weighted by Crippen LogP contribution is -2.56. The Balaban J connectivity index is 2.36. The molecule has 1 fully saturated rings. The number of nitrogens with one attached hydrogen (secondary N) is 3. The van der Waals surface area contributed by atoms with Gasteiger partial charge in [-0.05, 0) is 26.3 Å².